The monoisotopic (exact) mass is 390 g/mol. The summed E-state index contributed by atoms with van der Waals surface area (Å²) in [6.45, 7) is 1.88. The van der Waals surface area contributed by atoms with Crippen LogP contribution in [0.25, 0.3) is 11.4 Å². The lowest BCUT2D eigenvalue weighted by Crippen LogP contribution is -2.14. The average molecular weight is 390 g/mol. The van der Waals surface area contributed by atoms with Crippen LogP contribution in [-0.4, -0.2) is 33.0 Å². The van der Waals surface area contributed by atoms with Crippen molar-refractivity contribution in [2.45, 2.75) is 25.3 Å². The molecule has 8 nitrogen and oxygen atoms in total. The Labute approximate surface area is 168 Å². The third-order valence-corrected chi connectivity index (χ3v) is 5.00. The molecule has 0 saturated carbocycles. The summed E-state index contributed by atoms with van der Waals surface area (Å²) >= 11 is 0. The quantitative estimate of drug-likeness (QED) is 0.713. The maximum Gasteiger partial charge on any atom is 0.217 e. The third kappa shape index (κ3) is 4.11. The van der Waals surface area contributed by atoms with E-state index in [-0.39, 0.29) is 0 Å². The Bertz CT molecular complexity index is 1030. The maximum atomic E-state index is 9.31. The first-order valence-corrected chi connectivity index (χ1v) is 9.53. The molecular formula is C21H22N6O2. The molecule has 2 aromatic heterocycles. The number of benzene rings is 1. The molecule has 1 aliphatic rings. The number of ether oxygens (including phenoxy) is 2. The second kappa shape index (κ2) is 8.39. The number of hydrogen-bond acceptors (Lipinski definition) is 7. The molecule has 148 valence electrons. The van der Waals surface area contributed by atoms with E-state index in [0.717, 1.165) is 37.3 Å². The fourth-order valence-electron chi connectivity index (χ4n) is 3.33. The molecular weight excluding hydrogens is 368 g/mol. The first-order valence-electron chi connectivity index (χ1n) is 9.53. The summed E-state index contributed by atoms with van der Waals surface area (Å²) in [6, 6.07) is 9.31. The summed E-state index contributed by atoms with van der Waals surface area (Å²) in [4.78, 5) is 8.78. The zero-order valence-corrected chi connectivity index (χ0v) is 16.2. The minimum absolute atomic E-state index is 0.365. The van der Waals surface area contributed by atoms with E-state index < -0.39 is 0 Å². The predicted octanol–water partition coefficient (Wildman–Crippen LogP) is 2.89. The molecule has 0 amide bonds. The zero-order valence-electron chi connectivity index (χ0n) is 16.2. The van der Waals surface area contributed by atoms with E-state index in [0.29, 0.717) is 41.0 Å². The van der Waals surface area contributed by atoms with Crippen LogP contribution in [0.5, 0.6) is 11.6 Å². The number of rotatable bonds is 5. The van der Waals surface area contributed by atoms with Crippen LogP contribution in [0.15, 0.2) is 36.7 Å². The largest absolute Gasteiger partial charge is 0.438 e. The second-order valence-electron chi connectivity index (χ2n) is 6.96. The molecule has 0 spiro atoms. The predicted molar refractivity (Wildman–Crippen MR) is 106 cm³/mol. The Hall–Kier alpha value is -3.28. The van der Waals surface area contributed by atoms with Gasteiger partial charge < -0.3 is 15.2 Å². The minimum atomic E-state index is 0.365. The molecule has 0 radical (unpaired) electrons. The molecule has 8 heteroatoms. The highest BCUT2D eigenvalue weighted by Crippen LogP contribution is 2.34. The van der Waals surface area contributed by atoms with Crippen LogP contribution in [0.2, 0.25) is 0 Å². The van der Waals surface area contributed by atoms with Gasteiger partial charge >= 0.3 is 0 Å². The summed E-state index contributed by atoms with van der Waals surface area (Å²) in [5.41, 5.74) is 8.66. The third-order valence-electron chi connectivity index (χ3n) is 5.00. The molecule has 3 heterocycles. The number of aromatic nitrogens is 4. The average Bonchev–Trinajstić information content (AvgIpc) is 3.14. The van der Waals surface area contributed by atoms with Crippen molar-refractivity contribution in [1.29, 1.82) is 5.26 Å². The first kappa shape index (κ1) is 19.1. The highest BCUT2D eigenvalue weighted by molar-refractivity contribution is 5.66. The first-order chi connectivity index (χ1) is 14.2. The van der Waals surface area contributed by atoms with Crippen LogP contribution >= 0.6 is 0 Å². The van der Waals surface area contributed by atoms with E-state index in [1.165, 1.54) is 0 Å². The van der Waals surface area contributed by atoms with E-state index in [9.17, 15) is 5.26 Å². The lowest BCUT2D eigenvalue weighted by molar-refractivity contribution is 0.0844. The van der Waals surface area contributed by atoms with Gasteiger partial charge in [0.1, 0.15) is 5.75 Å². The van der Waals surface area contributed by atoms with E-state index >= 15 is 0 Å². The summed E-state index contributed by atoms with van der Waals surface area (Å²) < 4.78 is 13.3. The van der Waals surface area contributed by atoms with Gasteiger partial charge in [0.25, 0.3) is 0 Å². The van der Waals surface area contributed by atoms with Crippen LogP contribution in [0.4, 0.5) is 0 Å². The van der Waals surface area contributed by atoms with Gasteiger partial charge in [0.2, 0.25) is 5.88 Å². The molecule has 3 aromatic rings. The topological polar surface area (TPSA) is 112 Å². The molecule has 0 bridgehead atoms. The fraction of sp³-hybridized carbons (Fsp3) is 0.333. The SMILES string of the molecule is Cn1nc(C2CCOCC2)cc1Oc1cc(C#N)ccc1-c1ncc(CN)cn1. The van der Waals surface area contributed by atoms with Gasteiger partial charge in [-0.3, -0.25) is 0 Å². The van der Waals surface area contributed by atoms with Crippen LogP contribution in [0.1, 0.15) is 35.6 Å². The Morgan fingerprint density at radius 3 is 2.69 bits per heavy atom. The standard InChI is InChI=1S/C21H22N6O2/c1-27-20(9-18(26-27)16-4-6-28-7-5-16)29-19-8-14(10-22)2-3-17(19)21-24-12-15(11-23)13-25-21/h2-3,8-9,12-13,16H,4-7,11,23H2,1H3. The van der Waals surface area contributed by atoms with Gasteiger partial charge in [-0.25, -0.2) is 14.6 Å². The number of nitrogens with zero attached hydrogens (tertiary/aromatic N) is 5. The highest BCUT2D eigenvalue weighted by atomic mass is 16.5. The normalized spacial score (nSPS) is 14.5. The van der Waals surface area contributed by atoms with Crippen LogP contribution in [0.3, 0.4) is 0 Å². The van der Waals surface area contributed by atoms with Gasteiger partial charge in [0, 0.05) is 56.7 Å². The van der Waals surface area contributed by atoms with Crippen molar-refractivity contribution in [3.8, 4) is 29.1 Å². The fourth-order valence-corrected chi connectivity index (χ4v) is 3.33. The van der Waals surface area contributed by atoms with E-state index in [2.05, 4.69) is 21.1 Å². The minimum Gasteiger partial charge on any atom is -0.438 e. The van der Waals surface area contributed by atoms with Crippen LogP contribution in [0, 0.1) is 11.3 Å². The van der Waals surface area contributed by atoms with Gasteiger partial charge in [-0.2, -0.15) is 10.4 Å². The molecule has 0 aliphatic carbocycles. The number of aryl methyl sites for hydroxylation is 1. The van der Waals surface area contributed by atoms with Crippen molar-refractivity contribution < 1.29 is 9.47 Å². The van der Waals surface area contributed by atoms with Crippen molar-refractivity contribution in [2.24, 2.45) is 12.8 Å². The van der Waals surface area contributed by atoms with Crippen LogP contribution in [-0.2, 0) is 18.3 Å². The summed E-state index contributed by atoms with van der Waals surface area (Å²) in [5, 5.41) is 13.9. The summed E-state index contributed by atoms with van der Waals surface area (Å²) in [5.74, 6) is 1.98. The van der Waals surface area contributed by atoms with Gasteiger partial charge in [-0.1, -0.05) is 0 Å². The maximum absolute atomic E-state index is 9.31. The lowest BCUT2D eigenvalue weighted by Gasteiger charge is -2.19. The Morgan fingerprint density at radius 2 is 2.00 bits per heavy atom. The smallest absolute Gasteiger partial charge is 0.217 e. The van der Waals surface area contributed by atoms with E-state index in [1.807, 2.05) is 13.1 Å². The Morgan fingerprint density at radius 1 is 1.24 bits per heavy atom. The number of nitrogens with two attached hydrogens (primary N) is 1. The van der Waals surface area contributed by atoms with Crippen molar-refractivity contribution >= 4 is 0 Å². The van der Waals surface area contributed by atoms with Gasteiger partial charge in [0.05, 0.1) is 22.9 Å². The molecule has 1 saturated heterocycles. The van der Waals surface area contributed by atoms with Crippen molar-refractivity contribution in [2.75, 3.05) is 13.2 Å². The highest BCUT2D eigenvalue weighted by Gasteiger charge is 2.21. The molecule has 1 aliphatic heterocycles. The molecule has 29 heavy (non-hydrogen) atoms. The van der Waals surface area contributed by atoms with Crippen molar-refractivity contribution in [1.82, 2.24) is 19.7 Å². The molecule has 1 aromatic carbocycles. The van der Waals surface area contributed by atoms with Crippen molar-refractivity contribution in [3.05, 3.63) is 53.5 Å². The number of nitriles is 1. The van der Waals surface area contributed by atoms with E-state index in [4.69, 9.17) is 15.2 Å². The molecule has 0 atom stereocenters. The van der Waals surface area contributed by atoms with Crippen LogP contribution < -0.4 is 10.5 Å². The summed E-state index contributed by atoms with van der Waals surface area (Å²) in [7, 11) is 1.85. The summed E-state index contributed by atoms with van der Waals surface area (Å²) in [6.07, 6.45) is 5.29. The lowest BCUT2D eigenvalue weighted by atomic mass is 9.97. The molecule has 0 unspecified atom stereocenters. The molecule has 2 N–H and O–H groups in total. The van der Waals surface area contributed by atoms with E-state index in [1.54, 1.807) is 35.3 Å². The zero-order chi connectivity index (χ0) is 20.2. The second-order valence-corrected chi connectivity index (χ2v) is 6.96. The van der Waals surface area contributed by atoms with Gasteiger partial charge in [-0.15, -0.1) is 0 Å². The Kier molecular flexibility index (Phi) is 5.51. The number of hydrogen-bond donors (Lipinski definition) is 1. The Balaban J connectivity index is 1.67. The van der Waals surface area contributed by atoms with Gasteiger partial charge in [0.15, 0.2) is 5.82 Å². The molecule has 1 fully saturated rings. The molecule has 4 rings (SSSR count). The van der Waals surface area contributed by atoms with Gasteiger partial charge in [-0.05, 0) is 31.0 Å². The van der Waals surface area contributed by atoms with Crippen molar-refractivity contribution in [3.63, 3.8) is 0 Å².